The number of aliphatic hydroxyl groups is 1. The number of rotatable bonds is 8. The molecule has 1 saturated carbocycles. The average molecular weight is 242 g/mol. The molecule has 1 aliphatic carbocycles. The summed E-state index contributed by atoms with van der Waals surface area (Å²) in [5.74, 6) is 0.792. The normalized spacial score (nSPS) is 19.4. The minimum Gasteiger partial charge on any atom is -0.392 e. The third-order valence-corrected chi connectivity index (χ3v) is 3.75. The summed E-state index contributed by atoms with van der Waals surface area (Å²) in [6.07, 6.45) is 7.48. The second-order valence-electron chi connectivity index (χ2n) is 5.96. The summed E-state index contributed by atoms with van der Waals surface area (Å²) in [5.41, 5.74) is 0. The summed E-state index contributed by atoms with van der Waals surface area (Å²) in [6.45, 7) is 3.05. The lowest BCUT2D eigenvalue weighted by Gasteiger charge is -2.23. The molecule has 0 bridgehead atoms. The number of hydrogen-bond acceptors (Lipinski definition) is 3. The first-order valence-corrected chi connectivity index (χ1v) is 7.09. The SMILES string of the molecule is CN(C)CCCN(C)CC(O)CC1CCCC1. The first-order chi connectivity index (χ1) is 8.08. The Balaban J connectivity index is 2.05. The van der Waals surface area contributed by atoms with E-state index < -0.39 is 0 Å². The first kappa shape index (κ1) is 14.9. The molecule has 102 valence electrons. The molecule has 0 saturated heterocycles. The van der Waals surface area contributed by atoms with Gasteiger partial charge in [0.1, 0.15) is 0 Å². The van der Waals surface area contributed by atoms with Crippen LogP contribution in [0.2, 0.25) is 0 Å². The summed E-state index contributed by atoms with van der Waals surface area (Å²) >= 11 is 0. The van der Waals surface area contributed by atoms with Crippen LogP contribution in [0.15, 0.2) is 0 Å². The molecule has 1 aliphatic rings. The topological polar surface area (TPSA) is 26.7 Å². The lowest BCUT2D eigenvalue weighted by atomic mass is 10.00. The van der Waals surface area contributed by atoms with Crippen molar-refractivity contribution in [1.82, 2.24) is 9.80 Å². The molecule has 0 aromatic carbocycles. The molecular formula is C14H30N2O. The molecular weight excluding hydrogens is 212 g/mol. The number of hydrogen-bond donors (Lipinski definition) is 1. The molecule has 0 spiro atoms. The highest BCUT2D eigenvalue weighted by molar-refractivity contribution is 4.72. The van der Waals surface area contributed by atoms with Crippen LogP contribution in [0.5, 0.6) is 0 Å². The van der Waals surface area contributed by atoms with Crippen LogP contribution >= 0.6 is 0 Å². The smallest absolute Gasteiger partial charge is 0.0669 e. The molecule has 1 N–H and O–H groups in total. The van der Waals surface area contributed by atoms with Crippen LogP contribution in [-0.2, 0) is 0 Å². The van der Waals surface area contributed by atoms with E-state index in [-0.39, 0.29) is 6.10 Å². The summed E-state index contributed by atoms with van der Waals surface area (Å²) < 4.78 is 0. The Morgan fingerprint density at radius 1 is 1.12 bits per heavy atom. The van der Waals surface area contributed by atoms with Crippen LogP contribution in [0.25, 0.3) is 0 Å². The minimum absolute atomic E-state index is 0.123. The molecule has 1 fully saturated rings. The van der Waals surface area contributed by atoms with Gasteiger partial charge in [-0.1, -0.05) is 25.7 Å². The number of nitrogens with zero attached hydrogens (tertiary/aromatic N) is 2. The van der Waals surface area contributed by atoms with Gasteiger partial charge in [0.2, 0.25) is 0 Å². The van der Waals surface area contributed by atoms with E-state index in [9.17, 15) is 5.11 Å². The molecule has 17 heavy (non-hydrogen) atoms. The first-order valence-electron chi connectivity index (χ1n) is 7.09. The zero-order valence-corrected chi connectivity index (χ0v) is 11.9. The van der Waals surface area contributed by atoms with Crippen LogP contribution in [0, 0.1) is 5.92 Å². The fourth-order valence-corrected chi connectivity index (χ4v) is 2.81. The van der Waals surface area contributed by atoms with Gasteiger partial charge in [-0.2, -0.15) is 0 Å². The standard InChI is InChI=1S/C14H30N2O/c1-15(2)9-6-10-16(3)12-14(17)11-13-7-4-5-8-13/h13-14,17H,4-12H2,1-3H3. The van der Waals surface area contributed by atoms with Crippen molar-refractivity contribution in [3.05, 3.63) is 0 Å². The Hall–Kier alpha value is -0.120. The molecule has 0 heterocycles. The third-order valence-electron chi connectivity index (χ3n) is 3.75. The van der Waals surface area contributed by atoms with Crippen LogP contribution in [-0.4, -0.2) is 61.8 Å². The van der Waals surface area contributed by atoms with Gasteiger partial charge in [-0.3, -0.25) is 0 Å². The predicted octanol–water partition coefficient (Wildman–Crippen LogP) is 1.81. The maximum absolute atomic E-state index is 10.0. The molecule has 0 aromatic rings. The second kappa shape index (κ2) is 8.06. The zero-order chi connectivity index (χ0) is 12.7. The molecule has 1 unspecified atom stereocenters. The van der Waals surface area contributed by atoms with E-state index in [1.165, 1.54) is 32.1 Å². The van der Waals surface area contributed by atoms with E-state index >= 15 is 0 Å². The van der Waals surface area contributed by atoms with Gasteiger partial charge in [-0.15, -0.1) is 0 Å². The van der Waals surface area contributed by atoms with E-state index in [0.717, 1.165) is 32.0 Å². The fraction of sp³-hybridized carbons (Fsp3) is 1.00. The van der Waals surface area contributed by atoms with Crippen molar-refractivity contribution >= 4 is 0 Å². The van der Waals surface area contributed by atoms with Crippen molar-refractivity contribution in [3.8, 4) is 0 Å². The average Bonchev–Trinajstić information content (AvgIpc) is 2.69. The highest BCUT2D eigenvalue weighted by Crippen LogP contribution is 2.28. The van der Waals surface area contributed by atoms with Gasteiger partial charge in [0.25, 0.3) is 0 Å². The molecule has 1 atom stereocenters. The largest absolute Gasteiger partial charge is 0.392 e. The van der Waals surface area contributed by atoms with E-state index in [1.807, 2.05) is 0 Å². The van der Waals surface area contributed by atoms with Crippen LogP contribution in [0.3, 0.4) is 0 Å². The van der Waals surface area contributed by atoms with Crippen molar-refractivity contribution in [3.63, 3.8) is 0 Å². The highest BCUT2D eigenvalue weighted by atomic mass is 16.3. The molecule has 3 nitrogen and oxygen atoms in total. The summed E-state index contributed by atoms with van der Waals surface area (Å²) in [6, 6.07) is 0. The number of aliphatic hydroxyl groups excluding tert-OH is 1. The molecule has 0 aliphatic heterocycles. The van der Waals surface area contributed by atoms with Gasteiger partial charge < -0.3 is 14.9 Å². The lowest BCUT2D eigenvalue weighted by molar-refractivity contribution is 0.101. The second-order valence-corrected chi connectivity index (χ2v) is 5.96. The third kappa shape index (κ3) is 7.02. The molecule has 0 aromatic heterocycles. The number of likely N-dealkylation sites (N-methyl/N-ethyl adjacent to an activating group) is 1. The molecule has 0 radical (unpaired) electrons. The molecule has 3 heteroatoms. The van der Waals surface area contributed by atoms with E-state index in [1.54, 1.807) is 0 Å². The maximum atomic E-state index is 10.0. The van der Waals surface area contributed by atoms with Crippen molar-refractivity contribution in [2.75, 3.05) is 40.8 Å². The highest BCUT2D eigenvalue weighted by Gasteiger charge is 2.19. The zero-order valence-electron chi connectivity index (χ0n) is 11.9. The molecule has 1 rings (SSSR count). The van der Waals surface area contributed by atoms with Crippen molar-refractivity contribution in [2.45, 2.75) is 44.6 Å². The van der Waals surface area contributed by atoms with Gasteiger partial charge in [0.05, 0.1) is 6.10 Å². The van der Waals surface area contributed by atoms with E-state index in [2.05, 4.69) is 30.9 Å². The van der Waals surface area contributed by atoms with Gasteiger partial charge in [-0.05, 0) is 53.0 Å². The van der Waals surface area contributed by atoms with E-state index in [0.29, 0.717) is 0 Å². The van der Waals surface area contributed by atoms with Crippen molar-refractivity contribution in [2.24, 2.45) is 5.92 Å². The Bertz CT molecular complexity index is 191. The molecule has 0 amide bonds. The van der Waals surface area contributed by atoms with Crippen molar-refractivity contribution in [1.29, 1.82) is 0 Å². The minimum atomic E-state index is -0.123. The Labute approximate surface area is 107 Å². The van der Waals surface area contributed by atoms with Gasteiger partial charge in [0.15, 0.2) is 0 Å². The summed E-state index contributed by atoms with van der Waals surface area (Å²) in [7, 11) is 6.33. The Morgan fingerprint density at radius 2 is 1.76 bits per heavy atom. The Morgan fingerprint density at radius 3 is 2.35 bits per heavy atom. The maximum Gasteiger partial charge on any atom is 0.0669 e. The van der Waals surface area contributed by atoms with Crippen LogP contribution < -0.4 is 0 Å². The quantitative estimate of drug-likeness (QED) is 0.703. The van der Waals surface area contributed by atoms with Gasteiger partial charge >= 0.3 is 0 Å². The van der Waals surface area contributed by atoms with E-state index in [4.69, 9.17) is 0 Å². The van der Waals surface area contributed by atoms with Crippen LogP contribution in [0.1, 0.15) is 38.5 Å². The summed E-state index contributed by atoms with van der Waals surface area (Å²) in [4.78, 5) is 4.48. The lowest BCUT2D eigenvalue weighted by Crippen LogP contribution is -2.32. The van der Waals surface area contributed by atoms with Gasteiger partial charge in [-0.25, -0.2) is 0 Å². The monoisotopic (exact) mass is 242 g/mol. The fourth-order valence-electron chi connectivity index (χ4n) is 2.81. The van der Waals surface area contributed by atoms with Gasteiger partial charge in [0, 0.05) is 6.54 Å². The predicted molar refractivity (Wildman–Crippen MR) is 73.2 cm³/mol. The van der Waals surface area contributed by atoms with Crippen molar-refractivity contribution < 1.29 is 5.11 Å². The summed E-state index contributed by atoms with van der Waals surface area (Å²) in [5, 5.41) is 10.0. The van der Waals surface area contributed by atoms with Crippen LogP contribution in [0.4, 0.5) is 0 Å². The Kier molecular flexibility index (Phi) is 7.09.